The van der Waals surface area contributed by atoms with Crippen molar-refractivity contribution in [3.8, 4) is 0 Å². The van der Waals surface area contributed by atoms with E-state index in [1.165, 1.54) is 0 Å². The molecule has 3 heterocycles. The van der Waals surface area contributed by atoms with E-state index in [0.717, 1.165) is 0 Å². The first-order chi connectivity index (χ1) is 7.18. The van der Waals surface area contributed by atoms with Gasteiger partial charge in [-0.15, -0.1) is 0 Å². The summed E-state index contributed by atoms with van der Waals surface area (Å²) in [4.78, 5) is 0. The van der Waals surface area contributed by atoms with Crippen LogP contribution in [0.25, 0.3) is 0 Å². The van der Waals surface area contributed by atoms with Crippen molar-refractivity contribution in [1.29, 1.82) is 0 Å². The highest BCUT2D eigenvalue weighted by atomic mass is 36.0. The maximum absolute atomic E-state index is 9.51. The van der Waals surface area contributed by atoms with Gasteiger partial charge in [-0.25, -0.2) is 0 Å². The fourth-order valence-corrected chi connectivity index (χ4v) is 2.71. The van der Waals surface area contributed by atoms with Crippen LogP contribution in [0.5, 0.6) is 0 Å². The van der Waals surface area contributed by atoms with Crippen LogP contribution >= 0.6 is 46.5 Å². The van der Waals surface area contributed by atoms with Crippen LogP contribution in [0.3, 0.4) is 0 Å². The first-order valence-electron chi connectivity index (χ1n) is 4.15. The lowest BCUT2D eigenvalue weighted by Crippen LogP contribution is -2.47. The molecular formula is C6H11Cl3O5P2. The zero-order valence-electron chi connectivity index (χ0n) is 8.14. The Morgan fingerprint density at radius 1 is 1.25 bits per heavy atom. The van der Waals surface area contributed by atoms with E-state index in [2.05, 4.69) is 40.0 Å². The minimum absolute atomic E-state index is 0.0486. The van der Waals surface area contributed by atoms with Gasteiger partial charge in [-0.2, -0.15) is 0 Å². The van der Waals surface area contributed by atoms with E-state index in [9.17, 15) is 4.57 Å². The second-order valence-corrected chi connectivity index (χ2v) is 12.1. The highest BCUT2D eigenvalue weighted by molar-refractivity contribution is 8.24. The molecule has 1 N–H and O–H groups in total. The predicted molar refractivity (Wildman–Crippen MR) is 66.6 cm³/mol. The smallest absolute Gasteiger partial charge is 0.339 e. The number of halogens is 3. The number of aliphatic hydroxyl groups excluding tert-OH is 1. The number of hydrogen-bond donors (Lipinski definition) is 1. The molecule has 5 nitrogen and oxygen atoms in total. The lowest BCUT2D eigenvalue weighted by molar-refractivity contribution is -0.0990. The molecule has 0 radical (unpaired) electrons. The fourth-order valence-electron chi connectivity index (χ4n) is 1.08. The average molecular weight is 331 g/mol. The molecule has 0 aromatic rings. The molecule has 0 saturated carbocycles. The third-order valence-corrected chi connectivity index (χ3v) is 3.61. The van der Waals surface area contributed by atoms with Gasteiger partial charge in [0.15, 0.2) is 0 Å². The number of hydrogen-bond acceptors (Lipinski definition) is 5. The zero-order valence-corrected chi connectivity index (χ0v) is 12.2. The van der Waals surface area contributed by atoms with E-state index >= 15 is 0 Å². The topological polar surface area (TPSA) is 65.0 Å². The molecule has 3 rings (SSSR count). The van der Waals surface area contributed by atoms with E-state index < -0.39 is 12.8 Å². The number of rotatable bonds is 1. The first kappa shape index (κ1) is 15.3. The summed E-state index contributed by atoms with van der Waals surface area (Å²) in [6, 6.07) is 0. The van der Waals surface area contributed by atoms with Crippen LogP contribution in [0.4, 0.5) is 0 Å². The Labute approximate surface area is 108 Å². The zero-order chi connectivity index (χ0) is 12.4. The van der Waals surface area contributed by atoms with Crippen LogP contribution in [-0.4, -0.2) is 37.8 Å². The minimum atomic E-state index is -3.22. The molecule has 3 aliphatic heterocycles. The van der Waals surface area contributed by atoms with Crippen molar-refractivity contribution >= 4 is 52.8 Å². The van der Waals surface area contributed by atoms with Crippen molar-refractivity contribution in [3.05, 3.63) is 0 Å². The van der Waals surface area contributed by atoms with Crippen molar-refractivity contribution in [1.82, 2.24) is 0 Å². The van der Waals surface area contributed by atoms with Gasteiger partial charge in [-0.3, -0.25) is 4.57 Å². The van der Waals surface area contributed by atoms with Crippen LogP contribution in [0.2, 0.25) is 0 Å². The molecule has 3 fully saturated rings. The van der Waals surface area contributed by atoms with Gasteiger partial charge < -0.3 is 18.7 Å². The summed E-state index contributed by atoms with van der Waals surface area (Å²) in [7, 11) is -2.20. The van der Waals surface area contributed by atoms with Gasteiger partial charge in [0.1, 0.15) is 0 Å². The van der Waals surface area contributed by atoms with Gasteiger partial charge in [-0.1, -0.05) is 0 Å². The number of aliphatic hydroxyl groups is 1. The first-order valence-corrected chi connectivity index (χ1v) is 10.3. The third kappa shape index (κ3) is 4.85. The van der Waals surface area contributed by atoms with E-state index in [4.69, 9.17) is 18.7 Å². The SMILES string of the molecule is C=P12OCC(CO)(CO1)CO2.O=P(Cl)(Cl)Cl. The Morgan fingerprint density at radius 2 is 1.56 bits per heavy atom. The van der Waals surface area contributed by atoms with E-state index in [1.807, 2.05) is 0 Å². The van der Waals surface area contributed by atoms with Crippen LogP contribution < -0.4 is 0 Å². The Bertz CT molecular complexity index is 304. The van der Waals surface area contributed by atoms with E-state index in [0.29, 0.717) is 19.8 Å². The molecule has 16 heavy (non-hydrogen) atoms. The second-order valence-electron chi connectivity index (χ2n) is 3.49. The van der Waals surface area contributed by atoms with Crippen molar-refractivity contribution < 1.29 is 23.2 Å². The van der Waals surface area contributed by atoms with Crippen LogP contribution in [0, 0.1) is 5.41 Å². The molecule has 0 aromatic heterocycles. The van der Waals surface area contributed by atoms with Gasteiger partial charge in [0.25, 0.3) is 7.57 Å². The van der Waals surface area contributed by atoms with Crippen molar-refractivity contribution in [2.75, 3.05) is 26.4 Å². The fraction of sp³-hybridized carbons (Fsp3) is 0.833. The molecule has 0 spiro atoms. The standard InChI is InChI=1S/C6H11O4P.Cl3OP/c1-11-8-3-6(2-7,4-9-11)5-10-11;1-5(2,3)4/h7H,1-5H2;. The second kappa shape index (κ2) is 5.48. The lowest BCUT2D eigenvalue weighted by Gasteiger charge is -2.46. The van der Waals surface area contributed by atoms with Crippen LogP contribution in [0.15, 0.2) is 0 Å². The highest BCUT2D eigenvalue weighted by Crippen LogP contribution is 2.61. The molecular weight excluding hydrogens is 320 g/mol. The third-order valence-electron chi connectivity index (χ3n) is 2.04. The highest BCUT2D eigenvalue weighted by Gasteiger charge is 2.45. The molecule has 96 valence electrons. The maximum atomic E-state index is 9.51. The van der Waals surface area contributed by atoms with Gasteiger partial charge in [0.05, 0.1) is 31.8 Å². The molecule has 3 aliphatic rings. The van der Waals surface area contributed by atoms with Crippen molar-refractivity contribution in [3.63, 3.8) is 0 Å². The van der Waals surface area contributed by atoms with Crippen molar-refractivity contribution in [2.45, 2.75) is 0 Å². The molecule has 0 amide bonds. The summed E-state index contributed by atoms with van der Waals surface area (Å²) < 4.78 is 25.3. The van der Waals surface area contributed by atoms with E-state index in [-0.39, 0.29) is 12.0 Å². The van der Waals surface area contributed by atoms with Gasteiger partial charge in [-0.05, 0) is 40.0 Å². The van der Waals surface area contributed by atoms with Crippen LogP contribution in [-0.2, 0) is 18.1 Å². The maximum Gasteiger partial charge on any atom is 0.339 e. The van der Waals surface area contributed by atoms with Gasteiger partial charge in [0.2, 0.25) is 0 Å². The minimum Gasteiger partial charge on any atom is -0.396 e. The molecule has 0 unspecified atom stereocenters. The van der Waals surface area contributed by atoms with Gasteiger partial charge >= 0.3 is 5.20 Å². The van der Waals surface area contributed by atoms with Crippen molar-refractivity contribution in [2.24, 2.45) is 5.41 Å². The molecule has 10 heteroatoms. The lowest BCUT2D eigenvalue weighted by atomic mass is 9.93. The summed E-state index contributed by atoms with van der Waals surface area (Å²) in [5.74, 6) is 0. The Hall–Kier alpha value is 1.24. The molecule has 0 atom stereocenters. The Morgan fingerprint density at radius 3 is 1.81 bits per heavy atom. The largest absolute Gasteiger partial charge is 0.396 e. The summed E-state index contributed by atoms with van der Waals surface area (Å²) in [5.41, 5.74) is -0.320. The predicted octanol–water partition coefficient (Wildman–Crippen LogP) is 3.05. The summed E-state index contributed by atoms with van der Waals surface area (Å²) in [6.45, 7) is 1.59. The normalized spacial score (nSPS) is 37.8. The molecule has 0 aliphatic carbocycles. The molecule has 3 saturated heterocycles. The summed E-state index contributed by atoms with van der Waals surface area (Å²) >= 11 is 13.8. The summed E-state index contributed by atoms with van der Waals surface area (Å²) in [6.07, 6.45) is 3.71. The quantitative estimate of drug-likeness (QED) is 0.748. The molecule has 0 aromatic carbocycles. The summed E-state index contributed by atoms with van der Waals surface area (Å²) in [5, 5.41) is 5.78. The van der Waals surface area contributed by atoms with E-state index in [1.54, 1.807) is 0 Å². The monoisotopic (exact) mass is 330 g/mol. The average Bonchev–Trinajstić information content (AvgIpc) is 2.17. The molecule has 2 bridgehead atoms. The Balaban J connectivity index is 0.000000221. The number of fused-ring (bicyclic) bond motifs is 3. The van der Waals surface area contributed by atoms with Crippen LogP contribution in [0.1, 0.15) is 0 Å². The Kier molecular flexibility index (Phi) is 5.24. The van der Waals surface area contributed by atoms with Gasteiger partial charge in [0, 0.05) is 0 Å².